The number of rotatable bonds is 6. The van der Waals surface area contributed by atoms with Crippen LogP contribution in [0.15, 0.2) is 52.3 Å². The summed E-state index contributed by atoms with van der Waals surface area (Å²) in [7, 11) is 0. The van der Waals surface area contributed by atoms with Crippen molar-refractivity contribution in [2.45, 2.75) is 19.4 Å². The van der Waals surface area contributed by atoms with E-state index in [-0.39, 0.29) is 31.1 Å². The average molecular weight is 461 g/mol. The van der Waals surface area contributed by atoms with Crippen molar-refractivity contribution in [3.8, 4) is 5.75 Å². The highest BCUT2D eigenvalue weighted by Crippen LogP contribution is 2.31. The number of benzene rings is 1. The molecule has 168 valence electrons. The standard InChI is InChI=1S/C22H21ClN2O7/c1-2-29-21(27)18-15(24-22(28)25-19(18)17-4-3-7-30-17)11-32-20(26)13-8-12-9-14(23)5-6-16(12)31-10-13/h3-7,9,13,19H,2,8,10-11H2,1H3,(H2,24,25,28)/t13-,19-/m0/s1. The highest BCUT2D eigenvalue weighted by Gasteiger charge is 2.36. The number of carbonyl (C=O) groups excluding carboxylic acids is 3. The molecule has 2 N–H and O–H groups in total. The van der Waals surface area contributed by atoms with Gasteiger partial charge in [-0.05, 0) is 49.2 Å². The Labute approximate surface area is 188 Å². The molecule has 0 saturated carbocycles. The minimum Gasteiger partial charge on any atom is -0.492 e. The Morgan fingerprint density at radius 1 is 1.25 bits per heavy atom. The van der Waals surface area contributed by atoms with Crippen molar-refractivity contribution < 1.29 is 33.0 Å². The van der Waals surface area contributed by atoms with E-state index in [1.54, 1.807) is 37.3 Å². The van der Waals surface area contributed by atoms with E-state index in [1.165, 1.54) is 6.26 Å². The van der Waals surface area contributed by atoms with Gasteiger partial charge in [-0.15, -0.1) is 0 Å². The minimum atomic E-state index is -0.876. The number of fused-ring (bicyclic) bond motifs is 1. The molecule has 1 aromatic carbocycles. The summed E-state index contributed by atoms with van der Waals surface area (Å²) in [6, 6.07) is 7.06. The molecular weight excluding hydrogens is 440 g/mol. The van der Waals surface area contributed by atoms with Crippen LogP contribution in [0.4, 0.5) is 4.79 Å². The molecule has 32 heavy (non-hydrogen) atoms. The Bertz CT molecular complexity index is 1060. The first-order valence-corrected chi connectivity index (χ1v) is 10.4. The first-order chi connectivity index (χ1) is 15.5. The molecule has 2 aliphatic heterocycles. The lowest BCUT2D eigenvalue weighted by Crippen LogP contribution is -2.47. The highest BCUT2D eigenvalue weighted by atomic mass is 35.5. The normalized spacial score (nSPS) is 19.9. The zero-order valence-electron chi connectivity index (χ0n) is 17.2. The SMILES string of the molecule is CCOC(=O)C1=C(COC(=O)[C@@H]2COc3ccc(Cl)cc3C2)NC(=O)N[C@H]1c1ccco1. The van der Waals surface area contributed by atoms with Crippen LogP contribution in [0, 0.1) is 5.92 Å². The Kier molecular flexibility index (Phi) is 6.36. The van der Waals surface area contributed by atoms with E-state index in [0.29, 0.717) is 23.0 Å². The summed E-state index contributed by atoms with van der Waals surface area (Å²) in [5.74, 6) is -0.699. The van der Waals surface area contributed by atoms with Gasteiger partial charge in [0.2, 0.25) is 0 Å². The van der Waals surface area contributed by atoms with Crippen LogP contribution in [0.2, 0.25) is 5.02 Å². The van der Waals surface area contributed by atoms with Crippen LogP contribution in [0.5, 0.6) is 5.75 Å². The predicted molar refractivity (Wildman–Crippen MR) is 112 cm³/mol. The van der Waals surface area contributed by atoms with Gasteiger partial charge in [-0.3, -0.25) is 4.79 Å². The van der Waals surface area contributed by atoms with Crippen LogP contribution in [-0.4, -0.2) is 37.8 Å². The number of hydrogen-bond acceptors (Lipinski definition) is 7. The van der Waals surface area contributed by atoms with Crippen molar-refractivity contribution >= 4 is 29.6 Å². The lowest BCUT2D eigenvalue weighted by Gasteiger charge is -2.28. The molecule has 0 aliphatic carbocycles. The predicted octanol–water partition coefficient (Wildman–Crippen LogP) is 2.90. The van der Waals surface area contributed by atoms with Crippen LogP contribution in [0.25, 0.3) is 0 Å². The molecule has 4 rings (SSSR count). The van der Waals surface area contributed by atoms with E-state index in [0.717, 1.165) is 5.56 Å². The number of furan rings is 1. The van der Waals surface area contributed by atoms with Gasteiger partial charge in [0.05, 0.1) is 30.1 Å². The van der Waals surface area contributed by atoms with E-state index < -0.39 is 29.9 Å². The third-order valence-electron chi connectivity index (χ3n) is 5.10. The molecule has 2 aliphatic rings. The van der Waals surface area contributed by atoms with Gasteiger partial charge in [0.25, 0.3) is 0 Å². The molecule has 0 saturated heterocycles. The van der Waals surface area contributed by atoms with Gasteiger partial charge in [-0.1, -0.05) is 11.6 Å². The van der Waals surface area contributed by atoms with Gasteiger partial charge in [0.15, 0.2) is 0 Å². The number of urea groups is 1. The van der Waals surface area contributed by atoms with Gasteiger partial charge in [0.1, 0.15) is 30.8 Å². The number of hydrogen-bond donors (Lipinski definition) is 2. The summed E-state index contributed by atoms with van der Waals surface area (Å²) in [5, 5.41) is 5.72. The van der Waals surface area contributed by atoms with Crippen molar-refractivity contribution in [3.63, 3.8) is 0 Å². The number of nitrogens with one attached hydrogen (secondary N) is 2. The lowest BCUT2D eigenvalue weighted by molar-refractivity contribution is -0.149. The molecule has 2 aromatic rings. The summed E-state index contributed by atoms with van der Waals surface area (Å²) in [5.41, 5.74) is 1.04. The molecule has 0 spiro atoms. The average Bonchev–Trinajstić information content (AvgIpc) is 3.31. The quantitative estimate of drug-likeness (QED) is 0.636. The molecule has 0 bridgehead atoms. The largest absolute Gasteiger partial charge is 0.492 e. The van der Waals surface area contributed by atoms with Crippen LogP contribution in [0.3, 0.4) is 0 Å². The van der Waals surface area contributed by atoms with Crippen LogP contribution < -0.4 is 15.4 Å². The van der Waals surface area contributed by atoms with Crippen molar-refractivity contribution in [1.82, 2.24) is 10.6 Å². The van der Waals surface area contributed by atoms with Gasteiger partial charge < -0.3 is 29.3 Å². The highest BCUT2D eigenvalue weighted by molar-refractivity contribution is 6.30. The maximum Gasteiger partial charge on any atom is 0.338 e. The van der Waals surface area contributed by atoms with Crippen molar-refractivity contribution in [2.24, 2.45) is 5.92 Å². The first-order valence-electron chi connectivity index (χ1n) is 10.0. The molecule has 0 fully saturated rings. The van der Waals surface area contributed by atoms with E-state index in [4.69, 9.17) is 30.2 Å². The van der Waals surface area contributed by atoms with Crippen LogP contribution in [-0.2, 0) is 25.5 Å². The number of esters is 2. The maximum absolute atomic E-state index is 12.7. The molecule has 3 heterocycles. The third-order valence-corrected chi connectivity index (χ3v) is 5.33. The zero-order valence-corrected chi connectivity index (χ0v) is 17.9. The lowest BCUT2D eigenvalue weighted by atomic mass is 9.97. The second-order valence-electron chi connectivity index (χ2n) is 7.23. The number of halogens is 1. The molecule has 10 heteroatoms. The fraction of sp³-hybridized carbons (Fsp3) is 0.318. The maximum atomic E-state index is 12.7. The van der Waals surface area contributed by atoms with E-state index in [1.807, 2.05) is 0 Å². The molecule has 2 atom stereocenters. The molecule has 9 nitrogen and oxygen atoms in total. The Balaban J connectivity index is 1.52. The minimum absolute atomic E-state index is 0.103. The zero-order chi connectivity index (χ0) is 22.7. The topological polar surface area (TPSA) is 116 Å². The van der Waals surface area contributed by atoms with Gasteiger partial charge in [0, 0.05) is 5.02 Å². The van der Waals surface area contributed by atoms with Crippen LogP contribution in [0.1, 0.15) is 24.3 Å². The second-order valence-corrected chi connectivity index (χ2v) is 7.67. The molecule has 2 amide bonds. The van der Waals surface area contributed by atoms with Gasteiger partial charge in [-0.2, -0.15) is 0 Å². The summed E-state index contributed by atoms with van der Waals surface area (Å²) in [6.45, 7) is 1.63. The van der Waals surface area contributed by atoms with E-state index in [2.05, 4.69) is 10.6 Å². The monoisotopic (exact) mass is 460 g/mol. The second kappa shape index (κ2) is 9.35. The molecule has 1 aromatic heterocycles. The number of carbonyl (C=O) groups is 3. The van der Waals surface area contributed by atoms with Gasteiger partial charge >= 0.3 is 18.0 Å². The number of ether oxygens (including phenoxy) is 3. The first kappa shape index (κ1) is 21.8. The summed E-state index contributed by atoms with van der Waals surface area (Å²) in [6.07, 6.45) is 1.83. The Morgan fingerprint density at radius 2 is 2.09 bits per heavy atom. The summed E-state index contributed by atoms with van der Waals surface area (Å²) in [4.78, 5) is 37.6. The smallest absolute Gasteiger partial charge is 0.338 e. The summed E-state index contributed by atoms with van der Waals surface area (Å²) < 4.78 is 21.6. The third kappa shape index (κ3) is 4.57. The molecule has 0 unspecified atom stereocenters. The Hall–Kier alpha value is -3.46. The van der Waals surface area contributed by atoms with Crippen molar-refractivity contribution in [3.05, 3.63) is 64.2 Å². The Morgan fingerprint density at radius 3 is 2.84 bits per heavy atom. The van der Waals surface area contributed by atoms with Gasteiger partial charge in [-0.25, -0.2) is 9.59 Å². The van der Waals surface area contributed by atoms with Crippen molar-refractivity contribution in [2.75, 3.05) is 19.8 Å². The molecule has 0 radical (unpaired) electrons. The fourth-order valence-corrected chi connectivity index (χ4v) is 3.82. The fourth-order valence-electron chi connectivity index (χ4n) is 3.63. The van der Waals surface area contributed by atoms with Crippen molar-refractivity contribution in [1.29, 1.82) is 0 Å². The van der Waals surface area contributed by atoms with E-state index in [9.17, 15) is 14.4 Å². The van der Waals surface area contributed by atoms with Crippen LogP contribution >= 0.6 is 11.6 Å². The molecular formula is C22H21ClN2O7. The summed E-state index contributed by atoms with van der Waals surface area (Å²) >= 11 is 6.03. The van der Waals surface area contributed by atoms with E-state index >= 15 is 0 Å². The number of amides is 2.